The van der Waals surface area contributed by atoms with E-state index in [4.69, 9.17) is 4.74 Å². The van der Waals surface area contributed by atoms with Crippen LogP contribution >= 0.6 is 0 Å². The molecule has 0 bridgehead atoms. The lowest BCUT2D eigenvalue weighted by atomic mass is 10.2. The number of ether oxygens (including phenoxy) is 1. The molecule has 0 spiro atoms. The Labute approximate surface area is 151 Å². The molecule has 0 aliphatic carbocycles. The Hall–Kier alpha value is -3.16. The number of fused-ring (bicyclic) bond motifs is 1. The lowest BCUT2D eigenvalue weighted by molar-refractivity contribution is 0.0734. The second-order valence-electron chi connectivity index (χ2n) is 6.21. The summed E-state index contributed by atoms with van der Waals surface area (Å²) in [7, 11) is 1.66. The Morgan fingerprint density at radius 1 is 1.08 bits per heavy atom. The van der Waals surface area contributed by atoms with Gasteiger partial charge in [-0.15, -0.1) is 5.10 Å². The first-order chi connectivity index (χ1) is 12.7. The Bertz CT molecular complexity index is 929. The van der Waals surface area contributed by atoms with Crippen molar-refractivity contribution in [3.63, 3.8) is 0 Å². The number of nitrogens with zero attached hydrogens (tertiary/aromatic N) is 6. The van der Waals surface area contributed by atoms with Crippen molar-refractivity contribution < 1.29 is 9.53 Å². The molecule has 1 saturated heterocycles. The standard InChI is InChI=1S/C18H20N6O2/c1-13-7-8-19-18-20-16(21-24(13)18)17(25)23-11-9-22(10-12-23)14-3-5-15(26-2)6-4-14/h3-8H,9-12H2,1-2H3. The van der Waals surface area contributed by atoms with E-state index in [2.05, 4.69) is 20.0 Å². The van der Waals surface area contributed by atoms with Crippen LogP contribution in [0.4, 0.5) is 5.69 Å². The van der Waals surface area contributed by atoms with Gasteiger partial charge in [-0.3, -0.25) is 4.79 Å². The molecule has 8 heteroatoms. The predicted molar refractivity (Wildman–Crippen MR) is 96.6 cm³/mol. The molecule has 1 fully saturated rings. The van der Waals surface area contributed by atoms with Crippen molar-refractivity contribution in [3.05, 3.63) is 48.0 Å². The summed E-state index contributed by atoms with van der Waals surface area (Å²) in [6.07, 6.45) is 1.67. The van der Waals surface area contributed by atoms with Crippen LogP contribution in [-0.2, 0) is 0 Å². The van der Waals surface area contributed by atoms with E-state index in [9.17, 15) is 4.79 Å². The Kier molecular flexibility index (Phi) is 4.16. The Balaban J connectivity index is 1.44. The highest BCUT2D eigenvalue weighted by molar-refractivity contribution is 5.91. The van der Waals surface area contributed by atoms with Crippen LogP contribution in [0.5, 0.6) is 5.75 Å². The Morgan fingerprint density at radius 3 is 2.46 bits per heavy atom. The number of hydrogen-bond donors (Lipinski definition) is 0. The fourth-order valence-electron chi connectivity index (χ4n) is 3.10. The van der Waals surface area contributed by atoms with E-state index in [0.29, 0.717) is 18.9 Å². The number of anilines is 1. The topological polar surface area (TPSA) is 75.9 Å². The van der Waals surface area contributed by atoms with Crippen LogP contribution in [0.15, 0.2) is 36.5 Å². The van der Waals surface area contributed by atoms with Crippen molar-refractivity contribution in [1.29, 1.82) is 0 Å². The quantitative estimate of drug-likeness (QED) is 0.709. The second kappa shape index (κ2) is 6.62. The number of carbonyl (C=O) groups is 1. The lowest BCUT2D eigenvalue weighted by Crippen LogP contribution is -2.49. The number of rotatable bonds is 3. The van der Waals surface area contributed by atoms with Gasteiger partial charge in [0.25, 0.3) is 11.7 Å². The van der Waals surface area contributed by atoms with Gasteiger partial charge in [0.2, 0.25) is 5.82 Å². The van der Waals surface area contributed by atoms with Crippen LogP contribution in [0, 0.1) is 6.92 Å². The van der Waals surface area contributed by atoms with Crippen molar-refractivity contribution in [1.82, 2.24) is 24.5 Å². The molecule has 4 rings (SSSR count). The van der Waals surface area contributed by atoms with Gasteiger partial charge < -0.3 is 14.5 Å². The number of benzene rings is 1. The molecule has 0 saturated carbocycles. The van der Waals surface area contributed by atoms with E-state index in [-0.39, 0.29) is 11.7 Å². The molecule has 1 amide bonds. The highest BCUT2D eigenvalue weighted by Gasteiger charge is 2.25. The summed E-state index contributed by atoms with van der Waals surface area (Å²) < 4.78 is 6.79. The minimum absolute atomic E-state index is 0.149. The maximum atomic E-state index is 12.7. The second-order valence-corrected chi connectivity index (χ2v) is 6.21. The van der Waals surface area contributed by atoms with Gasteiger partial charge in [-0.1, -0.05) is 0 Å². The minimum atomic E-state index is -0.149. The summed E-state index contributed by atoms with van der Waals surface area (Å²) in [4.78, 5) is 25.2. The summed E-state index contributed by atoms with van der Waals surface area (Å²) in [5.74, 6) is 1.34. The zero-order valence-electron chi connectivity index (χ0n) is 14.8. The van der Waals surface area contributed by atoms with Crippen molar-refractivity contribution in [3.8, 4) is 5.75 Å². The fraction of sp³-hybridized carbons (Fsp3) is 0.333. The van der Waals surface area contributed by atoms with Crippen LogP contribution in [0.3, 0.4) is 0 Å². The first kappa shape index (κ1) is 16.3. The van der Waals surface area contributed by atoms with E-state index in [0.717, 1.165) is 30.2 Å². The van der Waals surface area contributed by atoms with E-state index >= 15 is 0 Å². The molecule has 0 N–H and O–H groups in total. The number of amides is 1. The largest absolute Gasteiger partial charge is 0.497 e. The fourth-order valence-corrected chi connectivity index (χ4v) is 3.10. The summed E-state index contributed by atoms with van der Waals surface area (Å²) in [5.41, 5.74) is 2.02. The molecule has 1 aromatic carbocycles. The summed E-state index contributed by atoms with van der Waals surface area (Å²) in [5, 5.41) is 4.31. The maximum Gasteiger partial charge on any atom is 0.293 e. The predicted octanol–water partition coefficient (Wildman–Crippen LogP) is 1.40. The SMILES string of the molecule is COc1ccc(N2CCN(C(=O)c3nc4nccc(C)n4n3)CC2)cc1. The van der Waals surface area contributed by atoms with Crippen LogP contribution in [-0.4, -0.2) is 63.7 Å². The van der Waals surface area contributed by atoms with E-state index < -0.39 is 0 Å². The van der Waals surface area contributed by atoms with Crippen LogP contribution < -0.4 is 9.64 Å². The summed E-state index contributed by atoms with van der Waals surface area (Å²) in [6.45, 7) is 4.70. The molecule has 3 aromatic rings. The number of methoxy groups -OCH3 is 1. The molecular weight excluding hydrogens is 332 g/mol. The molecule has 0 radical (unpaired) electrons. The molecule has 26 heavy (non-hydrogen) atoms. The van der Waals surface area contributed by atoms with Gasteiger partial charge in [0, 0.05) is 43.8 Å². The van der Waals surface area contributed by atoms with Gasteiger partial charge in [0.05, 0.1) is 7.11 Å². The molecule has 1 aliphatic rings. The van der Waals surface area contributed by atoms with Crippen LogP contribution in [0.25, 0.3) is 5.78 Å². The third kappa shape index (κ3) is 2.94. The molecule has 1 aliphatic heterocycles. The van der Waals surface area contributed by atoms with Gasteiger partial charge in [-0.2, -0.15) is 4.98 Å². The third-order valence-electron chi connectivity index (χ3n) is 4.63. The van der Waals surface area contributed by atoms with Gasteiger partial charge in [0.1, 0.15) is 5.75 Å². The lowest BCUT2D eigenvalue weighted by Gasteiger charge is -2.35. The maximum absolute atomic E-state index is 12.7. The number of carbonyl (C=O) groups excluding carboxylic acids is 1. The summed E-state index contributed by atoms with van der Waals surface area (Å²) >= 11 is 0. The van der Waals surface area contributed by atoms with Crippen molar-refractivity contribution in [2.45, 2.75) is 6.92 Å². The van der Waals surface area contributed by atoms with E-state index in [1.54, 1.807) is 22.7 Å². The monoisotopic (exact) mass is 352 g/mol. The van der Waals surface area contributed by atoms with Gasteiger partial charge >= 0.3 is 0 Å². The molecule has 134 valence electrons. The number of aromatic nitrogens is 4. The zero-order valence-corrected chi connectivity index (χ0v) is 14.8. The number of hydrogen-bond acceptors (Lipinski definition) is 6. The zero-order chi connectivity index (χ0) is 18.1. The normalized spacial score (nSPS) is 14.7. The average Bonchev–Trinajstić information content (AvgIpc) is 3.13. The van der Waals surface area contributed by atoms with Gasteiger partial charge in [-0.05, 0) is 37.3 Å². The smallest absolute Gasteiger partial charge is 0.293 e. The third-order valence-corrected chi connectivity index (χ3v) is 4.63. The number of piperazine rings is 1. The molecular formula is C18H20N6O2. The van der Waals surface area contributed by atoms with Crippen molar-refractivity contribution in [2.75, 3.05) is 38.2 Å². The highest BCUT2D eigenvalue weighted by Crippen LogP contribution is 2.20. The molecule has 8 nitrogen and oxygen atoms in total. The van der Waals surface area contributed by atoms with Crippen molar-refractivity contribution in [2.24, 2.45) is 0 Å². The highest BCUT2D eigenvalue weighted by atomic mass is 16.5. The molecule has 0 atom stereocenters. The molecule has 0 unspecified atom stereocenters. The molecule has 3 heterocycles. The summed E-state index contributed by atoms with van der Waals surface area (Å²) in [6, 6.07) is 9.80. The number of aryl methyl sites for hydroxylation is 1. The van der Waals surface area contributed by atoms with Crippen molar-refractivity contribution >= 4 is 17.4 Å². The molecule has 2 aromatic heterocycles. The Morgan fingerprint density at radius 2 is 1.81 bits per heavy atom. The van der Waals surface area contributed by atoms with Crippen LogP contribution in [0.1, 0.15) is 16.3 Å². The van der Waals surface area contributed by atoms with Gasteiger partial charge in [-0.25, -0.2) is 9.50 Å². The van der Waals surface area contributed by atoms with E-state index in [1.165, 1.54) is 0 Å². The van der Waals surface area contributed by atoms with E-state index in [1.807, 2.05) is 37.3 Å². The van der Waals surface area contributed by atoms with Gasteiger partial charge in [0.15, 0.2) is 0 Å². The first-order valence-corrected chi connectivity index (χ1v) is 8.52. The minimum Gasteiger partial charge on any atom is -0.497 e. The first-order valence-electron chi connectivity index (χ1n) is 8.52. The average molecular weight is 352 g/mol. The van der Waals surface area contributed by atoms with Crippen LogP contribution in [0.2, 0.25) is 0 Å².